The zero-order chi connectivity index (χ0) is 17.1. The molecule has 1 heterocycles. The van der Waals surface area contributed by atoms with Gasteiger partial charge in [0.15, 0.2) is 9.79 Å². The minimum Gasteiger partial charge on any atom is -0.276 e. The van der Waals surface area contributed by atoms with Gasteiger partial charge in [0.2, 0.25) is 0 Å². The number of hydrazone groups is 1. The van der Waals surface area contributed by atoms with Crippen molar-refractivity contribution >= 4 is 45.3 Å². The summed E-state index contributed by atoms with van der Waals surface area (Å²) in [5, 5.41) is 4.69. The Morgan fingerprint density at radius 1 is 0.840 bits per heavy atom. The van der Waals surface area contributed by atoms with E-state index in [4.69, 9.17) is 12.2 Å². The summed E-state index contributed by atoms with van der Waals surface area (Å²) in [5.74, 6) is 0.784. The van der Waals surface area contributed by atoms with Crippen LogP contribution < -0.4 is 5.43 Å². The van der Waals surface area contributed by atoms with E-state index in [1.807, 2.05) is 77.4 Å². The van der Waals surface area contributed by atoms with Crippen LogP contribution in [0.2, 0.25) is 0 Å². The van der Waals surface area contributed by atoms with E-state index in [-0.39, 0.29) is 0 Å². The minimum atomic E-state index is 0.777. The fourth-order valence-corrected chi connectivity index (χ4v) is 3.96. The maximum Gasteiger partial charge on any atom is 0.167 e. The Morgan fingerprint density at radius 3 is 2.24 bits per heavy atom. The largest absolute Gasteiger partial charge is 0.276 e. The van der Waals surface area contributed by atoms with Gasteiger partial charge in [0, 0.05) is 5.56 Å². The molecule has 5 heteroatoms. The Kier molecular flexibility index (Phi) is 4.41. The predicted molar refractivity (Wildman–Crippen MR) is 109 cm³/mol. The molecular formula is C20H15N3S2. The standard InChI is InChI=1S/C20H15N3S2/c24-20-23(17-13-7-8-14-18(17)25-20)19(15-9-3-1-4-10-15)22-21-16-11-5-2-6-12-16/h1-14,21H. The van der Waals surface area contributed by atoms with Gasteiger partial charge in [-0.1, -0.05) is 60.7 Å². The van der Waals surface area contributed by atoms with Crippen LogP contribution in [0.15, 0.2) is 90.0 Å². The van der Waals surface area contributed by atoms with Crippen molar-refractivity contribution < 1.29 is 0 Å². The topological polar surface area (TPSA) is 29.3 Å². The normalized spacial score (nSPS) is 11.6. The van der Waals surface area contributed by atoms with Gasteiger partial charge in [-0.25, -0.2) is 0 Å². The number of nitrogens with zero attached hydrogens (tertiary/aromatic N) is 2. The molecule has 25 heavy (non-hydrogen) atoms. The molecule has 0 saturated carbocycles. The molecule has 0 radical (unpaired) electrons. The van der Waals surface area contributed by atoms with Gasteiger partial charge in [0.25, 0.3) is 0 Å². The van der Waals surface area contributed by atoms with Crippen molar-refractivity contribution in [3.05, 3.63) is 94.4 Å². The summed E-state index contributed by atoms with van der Waals surface area (Å²) < 4.78 is 3.95. The highest BCUT2D eigenvalue weighted by Crippen LogP contribution is 2.24. The van der Waals surface area contributed by atoms with E-state index in [1.165, 1.54) is 0 Å². The van der Waals surface area contributed by atoms with E-state index in [0.29, 0.717) is 0 Å². The van der Waals surface area contributed by atoms with Crippen LogP contribution in [0, 0.1) is 3.95 Å². The Labute approximate surface area is 154 Å². The van der Waals surface area contributed by atoms with E-state index in [9.17, 15) is 0 Å². The molecule has 122 valence electrons. The van der Waals surface area contributed by atoms with Gasteiger partial charge < -0.3 is 0 Å². The number of hydrogen-bond donors (Lipinski definition) is 1. The van der Waals surface area contributed by atoms with E-state index < -0.39 is 0 Å². The molecule has 0 aliphatic carbocycles. The van der Waals surface area contributed by atoms with E-state index in [1.54, 1.807) is 11.3 Å². The highest BCUT2D eigenvalue weighted by Gasteiger charge is 2.12. The smallest absolute Gasteiger partial charge is 0.167 e. The van der Waals surface area contributed by atoms with Gasteiger partial charge >= 0.3 is 0 Å². The number of benzene rings is 3. The number of para-hydroxylation sites is 2. The Hall–Kier alpha value is -2.76. The summed E-state index contributed by atoms with van der Waals surface area (Å²) in [5.41, 5.74) is 6.15. The number of fused-ring (bicyclic) bond motifs is 1. The molecule has 3 nitrogen and oxygen atoms in total. The van der Waals surface area contributed by atoms with Crippen LogP contribution in [-0.4, -0.2) is 10.4 Å². The number of nitrogens with one attached hydrogen (secondary N) is 1. The quantitative estimate of drug-likeness (QED) is 0.218. The van der Waals surface area contributed by atoms with Crippen molar-refractivity contribution in [3.8, 4) is 0 Å². The van der Waals surface area contributed by atoms with Crippen LogP contribution in [0.1, 0.15) is 5.56 Å². The molecule has 0 saturated heterocycles. The van der Waals surface area contributed by atoms with Gasteiger partial charge in [-0.2, -0.15) is 5.10 Å². The molecule has 0 spiro atoms. The van der Waals surface area contributed by atoms with Crippen LogP contribution in [0.25, 0.3) is 10.2 Å². The van der Waals surface area contributed by atoms with E-state index in [2.05, 4.69) is 22.7 Å². The number of aromatic nitrogens is 1. The highest BCUT2D eigenvalue weighted by molar-refractivity contribution is 7.73. The summed E-state index contributed by atoms with van der Waals surface area (Å²) in [4.78, 5) is 0. The number of hydrogen-bond acceptors (Lipinski definition) is 4. The third-order valence-corrected chi connectivity index (χ3v) is 5.15. The average Bonchev–Trinajstić information content (AvgIpc) is 3.00. The SMILES string of the molecule is S=c1sc2ccccc2n1C(=NNc1ccccc1)c1ccccc1. The average molecular weight is 361 g/mol. The summed E-state index contributed by atoms with van der Waals surface area (Å²) in [7, 11) is 0. The van der Waals surface area contributed by atoms with Gasteiger partial charge in [-0.3, -0.25) is 9.99 Å². The minimum absolute atomic E-state index is 0.777. The molecule has 0 amide bonds. The third-order valence-electron chi connectivity index (χ3n) is 3.79. The second kappa shape index (κ2) is 7.01. The molecule has 4 rings (SSSR count). The van der Waals surface area contributed by atoms with Gasteiger partial charge in [0.1, 0.15) is 0 Å². The molecule has 3 aromatic carbocycles. The molecule has 0 aliphatic heterocycles. The summed E-state index contributed by atoms with van der Waals surface area (Å²) in [6.45, 7) is 0. The van der Waals surface area contributed by atoms with Crippen molar-refractivity contribution in [1.29, 1.82) is 0 Å². The summed E-state index contributed by atoms with van der Waals surface area (Å²) in [6, 6.07) is 28.2. The molecule has 0 bridgehead atoms. The lowest BCUT2D eigenvalue weighted by atomic mass is 10.2. The summed E-state index contributed by atoms with van der Waals surface area (Å²) >= 11 is 7.23. The summed E-state index contributed by atoms with van der Waals surface area (Å²) in [6.07, 6.45) is 0. The van der Waals surface area contributed by atoms with Crippen LogP contribution in [0.4, 0.5) is 5.69 Å². The maximum absolute atomic E-state index is 5.63. The lowest BCUT2D eigenvalue weighted by molar-refractivity contribution is 1.16. The Morgan fingerprint density at radius 2 is 1.48 bits per heavy atom. The van der Waals surface area contributed by atoms with Crippen LogP contribution in [0.5, 0.6) is 0 Å². The second-order valence-corrected chi connectivity index (χ2v) is 7.13. The highest BCUT2D eigenvalue weighted by atomic mass is 32.1. The van der Waals surface area contributed by atoms with Crippen LogP contribution in [0.3, 0.4) is 0 Å². The molecule has 1 aromatic heterocycles. The van der Waals surface area contributed by atoms with Crippen molar-refractivity contribution in [2.45, 2.75) is 0 Å². The molecule has 0 aliphatic rings. The van der Waals surface area contributed by atoms with Gasteiger partial charge in [-0.15, -0.1) is 11.3 Å². The van der Waals surface area contributed by atoms with Gasteiger partial charge in [-0.05, 0) is 36.5 Å². The zero-order valence-corrected chi connectivity index (χ0v) is 14.9. The van der Waals surface area contributed by atoms with E-state index in [0.717, 1.165) is 31.3 Å². The van der Waals surface area contributed by atoms with Crippen LogP contribution >= 0.6 is 23.6 Å². The number of rotatable bonds is 3. The van der Waals surface area contributed by atoms with Crippen molar-refractivity contribution in [2.75, 3.05) is 5.43 Å². The van der Waals surface area contributed by atoms with Crippen molar-refractivity contribution in [2.24, 2.45) is 5.10 Å². The Bertz CT molecular complexity index is 1080. The fourth-order valence-electron chi connectivity index (χ4n) is 2.63. The van der Waals surface area contributed by atoms with Crippen LogP contribution in [-0.2, 0) is 0 Å². The first kappa shape index (κ1) is 15.7. The van der Waals surface area contributed by atoms with Crippen molar-refractivity contribution in [3.63, 3.8) is 0 Å². The number of anilines is 1. The lowest BCUT2D eigenvalue weighted by Crippen LogP contribution is -2.15. The second-order valence-electron chi connectivity index (χ2n) is 5.45. The van der Waals surface area contributed by atoms with Crippen molar-refractivity contribution in [1.82, 2.24) is 4.57 Å². The van der Waals surface area contributed by atoms with Gasteiger partial charge in [0.05, 0.1) is 15.9 Å². The molecule has 0 fully saturated rings. The molecule has 0 atom stereocenters. The maximum atomic E-state index is 5.63. The lowest BCUT2D eigenvalue weighted by Gasteiger charge is -2.10. The molecular weight excluding hydrogens is 346 g/mol. The first-order chi connectivity index (χ1) is 12.3. The monoisotopic (exact) mass is 361 g/mol. The molecule has 4 aromatic rings. The zero-order valence-electron chi connectivity index (χ0n) is 13.3. The first-order valence-electron chi connectivity index (χ1n) is 7.88. The predicted octanol–water partition coefficient (Wildman–Crippen LogP) is 5.75. The number of thiazole rings is 1. The molecule has 0 unspecified atom stereocenters. The Balaban J connectivity index is 1.88. The first-order valence-corrected chi connectivity index (χ1v) is 9.10. The fraction of sp³-hybridized carbons (Fsp3) is 0. The third kappa shape index (κ3) is 3.24. The van der Waals surface area contributed by atoms with E-state index >= 15 is 0 Å². The molecule has 1 N–H and O–H groups in total.